The number of rotatable bonds is 6. The molecule has 0 aliphatic heterocycles. The van der Waals surface area contributed by atoms with Gasteiger partial charge in [-0.05, 0) is 26.2 Å². The average Bonchev–Trinajstić information content (AvgIpc) is 2.94. The van der Waals surface area contributed by atoms with Crippen molar-refractivity contribution in [2.45, 2.75) is 44.8 Å². The second kappa shape index (κ2) is 8.09. The highest BCUT2D eigenvalue weighted by molar-refractivity contribution is 7.13. The Morgan fingerprint density at radius 2 is 2.18 bits per heavy atom. The van der Waals surface area contributed by atoms with Gasteiger partial charge < -0.3 is 20.0 Å². The number of ether oxygens (including phenoxy) is 2. The smallest absolute Gasteiger partial charge is 0.362 e. The third-order valence-corrected chi connectivity index (χ3v) is 4.13. The van der Waals surface area contributed by atoms with E-state index in [0.29, 0.717) is 10.8 Å². The number of esters is 1. The number of nitrogens with two attached hydrogens (primary N) is 1. The van der Waals surface area contributed by atoms with E-state index in [4.69, 9.17) is 20.0 Å². The first kappa shape index (κ1) is 16.7. The topological polar surface area (TPSA) is 96.0 Å². The highest BCUT2D eigenvalue weighted by Crippen LogP contribution is 2.24. The Bertz CT molecular complexity index is 532. The number of methoxy groups -OCH3 is 1. The minimum absolute atomic E-state index is 0.0125. The van der Waals surface area contributed by atoms with Gasteiger partial charge in [0.05, 0.1) is 12.7 Å². The van der Waals surface area contributed by atoms with Crippen LogP contribution in [-0.4, -0.2) is 42.6 Å². The molecular formula is C14H21N3O4S. The molecule has 0 spiro atoms. The minimum atomic E-state index is -0.572. The van der Waals surface area contributed by atoms with E-state index in [-0.39, 0.29) is 24.5 Å². The van der Waals surface area contributed by atoms with E-state index in [1.165, 1.54) is 11.3 Å². The predicted molar refractivity (Wildman–Crippen MR) is 83.8 cm³/mol. The van der Waals surface area contributed by atoms with Crippen molar-refractivity contribution in [1.82, 2.24) is 4.98 Å². The molecule has 2 rings (SSSR count). The maximum absolute atomic E-state index is 12.0. The van der Waals surface area contributed by atoms with Crippen molar-refractivity contribution in [3.05, 3.63) is 11.1 Å². The van der Waals surface area contributed by atoms with Crippen LogP contribution in [0.25, 0.3) is 0 Å². The van der Waals surface area contributed by atoms with Gasteiger partial charge in [0.25, 0.3) is 0 Å². The lowest BCUT2D eigenvalue weighted by molar-refractivity contribution is -0.135. The van der Waals surface area contributed by atoms with Crippen molar-refractivity contribution in [2.75, 3.05) is 19.5 Å². The van der Waals surface area contributed by atoms with Gasteiger partial charge in [0.2, 0.25) is 5.71 Å². The number of thiazole rings is 1. The summed E-state index contributed by atoms with van der Waals surface area (Å²) < 4.78 is 10.4. The molecule has 1 aromatic heterocycles. The summed E-state index contributed by atoms with van der Waals surface area (Å²) in [5, 5.41) is 6.01. The Morgan fingerprint density at radius 3 is 2.77 bits per heavy atom. The molecule has 0 bridgehead atoms. The van der Waals surface area contributed by atoms with Gasteiger partial charge in [0.1, 0.15) is 5.69 Å². The maximum Gasteiger partial charge on any atom is 0.362 e. The summed E-state index contributed by atoms with van der Waals surface area (Å²) in [6, 6.07) is 0. The molecule has 8 heteroatoms. The van der Waals surface area contributed by atoms with Crippen molar-refractivity contribution in [3.63, 3.8) is 0 Å². The van der Waals surface area contributed by atoms with E-state index in [1.54, 1.807) is 19.4 Å². The molecule has 122 valence electrons. The van der Waals surface area contributed by atoms with Crippen molar-refractivity contribution in [1.29, 1.82) is 0 Å². The van der Waals surface area contributed by atoms with Crippen LogP contribution in [0.2, 0.25) is 0 Å². The summed E-state index contributed by atoms with van der Waals surface area (Å²) in [7, 11) is 1.66. The van der Waals surface area contributed by atoms with Gasteiger partial charge in [-0.1, -0.05) is 11.6 Å². The first-order valence-corrected chi connectivity index (χ1v) is 8.18. The number of hydrogen-bond donors (Lipinski definition) is 1. The van der Waals surface area contributed by atoms with E-state index >= 15 is 0 Å². The number of nitrogens with zero attached hydrogens (tertiary/aromatic N) is 2. The van der Waals surface area contributed by atoms with Gasteiger partial charge in [0, 0.05) is 12.5 Å². The molecule has 2 atom stereocenters. The highest BCUT2D eigenvalue weighted by atomic mass is 32.1. The zero-order chi connectivity index (χ0) is 15.9. The third-order valence-electron chi connectivity index (χ3n) is 3.46. The molecule has 1 heterocycles. The molecule has 22 heavy (non-hydrogen) atoms. The molecule has 2 N–H and O–H groups in total. The Balaban J connectivity index is 2.15. The van der Waals surface area contributed by atoms with Crippen molar-refractivity contribution in [3.8, 4) is 0 Å². The summed E-state index contributed by atoms with van der Waals surface area (Å²) in [5.74, 6) is -0.572. The van der Waals surface area contributed by atoms with Crippen LogP contribution in [0.4, 0.5) is 5.13 Å². The molecule has 0 saturated heterocycles. The molecule has 1 fully saturated rings. The van der Waals surface area contributed by atoms with Crippen LogP contribution >= 0.6 is 11.3 Å². The fourth-order valence-corrected chi connectivity index (χ4v) is 2.91. The minimum Gasteiger partial charge on any atom is -0.461 e. The second-order valence-electron chi connectivity index (χ2n) is 4.93. The molecule has 0 radical (unpaired) electrons. The Hall–Kier alpha value is -1.67. The van der Waals surface area contributed by atoms with E-state index in [1.807, 2.05) is 0 Å². The Labute approximate surface area is 133 Å². The molecule has 7 nitrogen and oxygen atoms in total. The normalized spacial score (nSPS) is 22.4. The number of hydrogen-bond acceptors (Lipinski definition) is 8. The van der Waals surface area contributed by atoms with Crippen LogP contribution in [-0.2, 0) is 19.1 Å². The monoisotopic (exact) mass is 327 g/mol. The van der Waals surface area contributed by atoms with Gasteiger partial charge in [-0.25, -0.2) is 9.78 Å². The largest absolute Gasteiger partial charge is 0.461 e. The van der Waals surface area contributed by atoms with Crippen LogP contribution in [0.5, 0.6) is 0 Å². The summed E-state index contributed by atoms with van der Waals surface area (Å²) in [6.07, 6.45) is 3.75. The highest BCUT2D eigenvalue weighted by Gasteiger charge is 2.28. The van der Waals surface area contributed by atoms with Crippen molar-refractivity contribution < 1.29 is 19.1 Å². The molecule has 0 aromatic carbocycles. The second-order valence-corrected chi connectivity index (χ2v) is 5.82. The fourth-order valence-electron chi connectivity index (χ4n) is 2.36. The quantitative estimate of drug-likeness (QED) is 0.487. The molecular weight excluding hydrogens is 306 g/mol. The van der Waals surface area contributed by atoms with E-state index in [2.05, 4.69) is 10.1 Å². The number of carbonyl (C=O) groups excluding carboxylic acids is 1. The maximum atomic E-state index is 12.0. The average molecular weight is 327 g/mol. The van der Waals surface area contributed by atoms with Crippen LogP contribution in [0, 0.1) is 0 Å². The lowest BCUT2D eigenvalue weighted by atomic mass is 9.95. The standard InChI is InChI=1S/C14H21N3O4S/c1-3-20-13(18)12(9-8-22-14(15)16-9)17-21-11-7-5-4-6-10(11)19-2/h8,10-11H,3-7H2,1-2H3,(H2,15,16)/b17-12-. The van der Waals surface area contributed by atoms with E-state index < -0.39 is 5.97 Å². The number of nitrogen functional groups attached to an aromatic ring is 1. The fraction of sp³-hybridized carbons (Fsp3) is 0.643. The van der Waals surface area contributed by atoms with E-state index in [0.717, 1.165) is 25.7 Å². The van der Waals surface area contributed by atoms with Crippen LogP contribution in [0.1, 0.15) is 38.3 Å². The molecule has 0 amide bonds. The lowest BCUT2D eigenvalue weighted by Crippen LogP contribution is -2.33. The molecule has 1 aliphatic rings. The van der Waals surface area contributed by atoms with Crippen LogP contribution in [0.15, 0.2) is 10.5 Å². The lowest BCUT2D eigenvalue weighted by Gasteiger charge is -2.28. The molecule has 2 unspecified atom stereocenters. The molecule has 1 saturated carbocycles. The number of anilines is 1. The van der Waals surface area contributed by atoms with Gasteiger partial charge in [-0.2, -0.15) is 0 Å². The molecule has 1 aromatic rings. The zero-order valence-electron chi connectivity index (χ0n) is 12.8. The van der Waals surface area contributed by atoms with Crippen LogP contribution < -0.4 is 5.73 Å². The van der Waals surface area contributed by atoms with E-state index in [9.17, 15) is 4.79 Å². The number of aromatic nitrogens is 1. The Morgan fingerprint density at radius 1 is 1.45 bits per heavy atom. The summed E-state index contributed by atoms with van der Waals surface area (Å²) in [4.78, 5) is 21.7. The number of carbonyl (C=O) groups is 1. The first-order valence-electron chi connectivity index (χ1n) is 7.30. The third kappa shape index (κ3) is 4.17. The summed E-state index contributed by atoms with van der Waals surface area (Å²) in [6.45, 7) is 1.98. The predicted octanol–water partition coefficient (Wildman–Crippen LogP) is 1.97. The van der Waals surface area contributed by atoms with Gasteiger partial charge in [0.15, 0.2) is 11.2 Å². The van der Waals surface area contributed by atoms with Crippen molar-refractivity contribution >= 4 is 28.1 Å². The van der Waals surface area contributed by atoms with Gasteiger partial charge >= 0.3 is 5.97 Å². The Kier molecular flexibility index (Phi) is 6.14. The van der Waals surface area contributed by atoms with Gasteiger partial charge in [-0.3, -0.25) is 0 Å². The summed E-state index contributed by atoms with van der Waals surface area (Å²) >= 11 is 1.23. The molecule has 1 aliphatic carbocycles. The summed E-state index contributed by atoms with van der Waals surface area (Å²) in [5.41, 5.74) is 6.02. The SMILES string of the molecule is CCOC(=O)/C(=N\OC1CCCCC1OC)c1csc(N)n1. The first-order chi connectivity index (χ1) is 10.7. The van der Waals surface area contributed by atoms with Crippen molar-refractivity contribution in [2.24, 2.45) is 5.16 Å². The number of oxime groups is 1. The van der Waals surface area contributed by atoms with Gasteiger partial charge in [-0.15, -0.1) is 11.3 Å². The zero-order valence-corrected chi connectivity index (χ0v) is 13.6. The van der Waals surface area contributed by atoms with Crippen LogP contribution in [0.3, 0.4) is 0 Å².